The van der Waals surface area contributed by atoms with Crippen LogP contribution in [0.15, 0.2) is 53.0 Å². The number of aryl methyl sites for hydroxylation is 1. The quantitative estimate of drug-likeness (QED) is 0.872. The maximum atomic E-state index is 12.5. The molecule has 3 rings (SSSR count). The highest BCUT2D eigenvalue weighted by atomic mass is 16.3. The predicted molar refractivity (Wildman–Crippen MR) is 96.0 cm³/mol. The zero-order valence-corrected chi connectivity index (χ0v) is 14.3. The molecule has 130 valence electrons. The summed E-state index contributed by atoms with van der Waals surface area (Å²) < 4.78 is 5.40. The van der Waals surface area contributed by atoms with E-state index in [4.69, 9.17) is 4.42 Å². The van der Waals surface area contributed by atoms with Crippen molar-refractivity contribution in [3.63, 3.8) is 0 Å². The molecule has 1 aliphatic heterocycles. The number of benzene rings is 1. The highest BCUT2D eigenvalue weighted by Gasteiger charge is 2.24. The summed E-state index contributed by atoms with van der Waals surface area (Å²) in [5, 5.41) is 2.97. The Morgan fingerprint density at radius 1 is 1.20 bits per heavy atom. The van der Waals surface area contributed by atoms with Crippen molar-refractivity contribution >= 4 is 17.9 Å². The fraction of sp³-hybridized carbons (Fsp3) is 0.300. The van der Waals surface area contributed by atoms with E-state index in [1.54, 1.807) is 6.08 Å². The van der Waals surface area contributed by atoms with E-state index in [-0.39, 0.29) is 17.9 Å². The minimum absolute atomic E-state index is 0.0150. The Morgan fingerprint density at radius 2 is 2.00 bits per heavy atom. The summed E-state index contributed by atoms with van der Waals surface area (Å²) in [7, 11) is 0. The van der Waals surface area contributed by atoms with E-state index in [0.717, 1.165) is 25.1 Å². The van der Waals surface area contributed by atoms with Crippen molar-refractivity contribution in [1.29, 1.82) is 0 Å². The van der Waals surface area contributed by atoms with Gasteiger partial charge in [0.1, 0.15) is 11.5 Å². The number of piperidine rings is 1. The van der Waals surface area contributed by atoms with Gasteiger partial charge in [0.2, 0.25) is 5.91 Å². The number of nitrogens with one attached hydrogen (secondary N) is 1. The summed E-state index contributed by atoms with van der Waals surface area (Å²) in [6.45, 7) is 3.12. The van der Waals surface area contributed by atoms with Crippen LogP contribution in [0.5, 0.6) is 0 Å². The van der Waals surface area contributed by atoms with E-state index in [1.807, 2.05) is 54.3 Å². The van der Waals surface area contributed by atoms with E-state index < -0.39 is 0 Å². The standard InChI is InChI=1S/C20H22N2O3/c1-15-9-10-18(25-15)11-12-19(23)21-17-8-5-13-22(14-17)20(24)16-6-3-2-4-7-16/h2-4,6-7,9-12,17H,5,8,13-14H2,1H3,(H,21,23)/b12-11-/t17-/m0/s1. The van der Waals surface area contributed by atoms with Gasteiger partial charge >= 0.3 is 0 Å². The number of hydrogen-bond donors (Lipinski definition) is 1. The summed E-state index contributed by atoms with van der Waals surface area (Å²) in [5.41, 5.74) is 0.683. The van der Waals surface area contributed by atoms with Crippen molar-refractivity contribution in [2.45, 2.75) is 25.8 Å². The van der Waals surface area contributed by atoms with Gasteiger partial charge in [-0.1, -0.05) is 18.2 Å². The molecule has 2 heterocycles. The van der Waals surface area contributed by atoms with Gasteiger partial charge in [0.25, 0.3) is 5.91 Å². The first-order chi connectivity index (χ1) is 12.1. The minimum atomic E-state index is -0.173. The summed E-state index contributed by atoms with van der Waals surface area (Å²) in [6, 6.07) is 12.9. The number of carbonyl (C=O) groups is 2. The van der Waals surface area contributed by atoms with Crippen LogP contribution in [-0.4, -0.2) is 35.8 Å². The van der Waals surface area contributed by atoms with Crippen LogP contribution in [-0.2, 0) is 4.79 Å². The summed E-state index contributed by atoms with van der Waals surface area (Å²) in [6.07, 6.45) is 4.87. The van der Waals surface area contributed by atoms with E-state index in [2.05, 4.69) is 5.32 Å². The van der Waals surface area contributed by atoms with Gasteiger partial charge < -0.3 is 14.6 Å². The molecule has 5 nitrogen and oxygen atoms in total. The van der Waals surface area contributed by atoms with E-state index in [9.17, 15) is 9.59 Å². The average Bonchev–Trinajstić information content (AvgIpc) is 3.06. The molecular formula is C20H22N2O3. The fourth-order valence-electron chi connectivity index (χ4n) is 2.99. The number of likely N-dealkylation sites (tertiary alicyclic amines) is 1. The van der Waals surface area contributed by atoms with E-state index >= 15 is 0 Å². The monoisotopic (exact) mass is 338 g/mol. The van der Waals surface area contributed by atoms with Crippen LogP contribution in [0.3, 0.4) is 0 Å². The van der Waals surface area contributed by atoms with Crippen molar-refractivity contribution < 1.29 is 14.0 Å². The zero-order chi connectivity index (χ0) is 17.6. The van der Waals surface area contributed by atoms with Gasteiger partial charge in [0.15, 0.2) is 0 Å². The van der Waals surface area contributed by atoms with Crippen LogP contribution >= 0.6 is 0 Å². The summed E-state index contributed by atoms with van der Waals surface area (Å²) in [4.78, 5) is 26.4. The normalized spacial score (nSPS) is 17.6. The Hall–Kier alpha value is -2.82. The van der Waals surface area contributed by atoms with Gasteiger partial charge in [0, 0.05) is 30.8 Å². The highest BCUT2D eigenvalue weighted by Crippen LogP contribution is 2.14. The van der Waals surface area contributed by atoms with Crippen LogP contribution in [0.4, 0.5) is 0 Å². The Balaban J connectivity index is 1.55. The van der Waals surface area contributed by atoms with Crippen LogP contribution < -0.4 is 5.32 Å². The lowest BCUT2D eigenvalue weighted by Crippen LogP contribution is -2.49. The number of carbonyl (C=O) groups excluding carboxylic acids is 2. The van der Waals surface area contributed by atoms with E-state index in [0.29, 0.717) is 17.9 Å². The Morgan fingerprint density at radius 3 is 2.72 bits per heavy atom. The van der Waals surface area contributed by atoms with Crippen molar-refractivity contribution in [2.24, 2.45) is 0 Å². The van der Waals surface area contributed by atoms with Crippen molar-refractivity contribution in [2.75, 3.05) is 13.1 Å². The SMILES string of the molecule is Cc1ccc(/C=C\C(=O)N[C@H]2CCCN(C(=O)c3ccccc3)C2)o1. The van der Waals surface area contributed by atoms with Crippen molar-refractivity contribution in [3.05, 3.63) is 65.6 Å². The molecule has 1 N–H and O–H groups in total. The third kappa shape index (κ3) is 4.59. The highest BCUT2D eigenvalue weighted by molar-refractivity contribution is 5.94. The molecule has 1 aromatic heterocycles. The van der Waals surface area contributed by atoms with Gasteiger partial charge in [-0.05, 0) is 50.1 Å². The lowest BCUT2D eigenvalue weighted by Gasteiger charge is -2.33. The Bertz CT molecular complexity index is 764. The van der Waals surface area contributed by atoms with Gasteiger partial charge in [-0.2, -0.15) is 0 Å². The third-order valence-electron chi connectivity index (χ3n) is 4.24. The van der Waals surface area contributed by atoms with Gasteiger partial charge in [-0.15, -0.1) is 0 Å². The van der Waals surface area contributed by atoms with Gasteiger partial charge in [0.05, 0.1) is 0 Å². The molecule has 0 bridgehead atoms. The molecule has 0 unspecified atom stereocenters. The lowest BCUT2D eigenvalue weighted by atomic mass is 10.0. The minimum Gasteiger partial charge on any atom is -0.462 e. The number of hydrogen-bond acceptors (Lipinski definition) is 3. The van der Waals surface area contributed by atoms with Crippen LogP contribution in [0, 0.1) is 6.92 Å². The summed E-state index contributed by atoms with van der Waals surface area (Å²) in [5.74, 6) is 1.30. The smallest absolute Gasteiger partial charge is 0.253 e. The molecule has 1 aromatic carbocycles. The topological polar surface area (TPSA) is 62.6 Å². The predicted octanol–water partition coefficient (Wildman–Crippen LogP) is 3.02. The maximum Gasteiger partial charge on any atom is 0.253 e. The van der Waals surface area contributed by atoms with Crippen molar-refractivity contribution in [1.82, 2.24) is 10.2 Å². The molecule has 2 amide bonds. The average molecular weight is 338 g/mol. The lowest BCUT2D eigenvalue weighted by molar-refractivity contribution is -0.117. The molecule has 0 spiro atoms. The van der Waals surface area contributed by atoms with E-state index in [1.165, 1.54) is 6.08 Å². The van der Waals surface area contributed by atoms with Crippen LogP contribution in [0.1, 0.15) is 34.7 Å². The van der Waals surface area contributed by atoms with Gasteiger partial charge in [-0.3, -0.25) is 9.59 Å². The molecule has 1 fully saturated rings. The number of nitrogens with zero attached hydrogens (tertiary/aromatic N) is 1. The molecule has 0 radical (unpaired) electrons. The Labute approximate surface area is 147 Å². The summed E-state index contributed by atoms with van der Waals surface area (Å²) >= 11 is 0. The molecule has 1 aliphatic rings. The number of furan rings is 1. The molecule has 1 saturated heterocycles. The first-order valence-electron chi connectivity index (χ1n) is 8.51. The Kier molecular flexibility index (Phi) is 5.33. The number of amides is 2. The molecule has 0 aliphatic carbocycles. The first kappa shape index (κ1) is 17.0. The van der Waals surface area contributed by atoms with Crippen LogP contribution in [0.2, 0.25) is 0 Å². The molecule has 25 heavy (non-hydrogen) atoms. The second-order valence-electron chi connectivity index (χ2n) is 6.25. The second-order valence-corrected chi connectivity index (χ2v) is 6.25. The third-order valence-corrected chi connectivity index (χ3v) is 4.24. The molecular weight excluding hydrogens is 316 g/mol. The zero-order valence-electron chi connectivity index (χ0n) is 14.3. The fourth-order valence-corrected chi connectivity index (χ4v) is 2.99. The molecule has 0 saturated carbocycles. The molecule has 1 atom stereocenters. The largest absolute Gasteiger partial charge is 0.462 e. The molecule has 2 aromatic rings. The first-order valence-corrected chi connectivity index (χ1v) is 8.51. The van der Waals surface area contributed by atoms with Gasteiger partial charge in [-0.25, -0.2) is 0 Å². The van der Waals surface area contributed by atoms with Crippen molar-refractivity contribution in [3.8, 4) is 0 Å². The van der Waals surface area contributed by atoms with Crippen LogP contribution in [0.25, 0.3) is 6.08 Å². The maximum absolute atomic E-state index is 12.5. The second kappa shape index (κ2) is 7.83. The number of rotatable bonds is 4. The molecule has 5 heteroatoms.